The first-order chi connectivity index (χ1) is 7.03. The molecule has 0 fully saturated rings. The molecule has 0 radical (unpaired) electrons. The van der Waals surface area contributed by atoms with Crippen LogP contribution < -0.4 is 10.0 Å². The van der Waals surface area contributed by atoms with Gasteiger partial charge in [0.15, 0.2) is 0 Å². The summed E-state index contributed by atoms with van der Waals surface area (Å²) in [4.78, 5) is 7.69. The van der Waals surface area contributed by atoms with Crippen molar-refractivity contribution in [2.45, 2.75) is 0 Å². The third-order valence-corrected chi connectivity index (χ3v) is 3.14. The summed E-state index contributed by atoms with van der Waals surface area (Å²) in [6.07, 6.45) is 2.87. The van der Waals surface area contributed by atoms with E-state index in [9.17, 15) is 8.42 Å². The Morgan fingerprint density at radius 2 is 2.20 bits per heavy atom. The van der Waals surface area contributed by atoms with Crippen LogP contribution in [0.3, 0.4) is 0 Å². The van der Waals surface area contributed by atoms with Crippen LogP contribution in [0.4, 0.5) is 5.82 Å². The average molecular weight is 251 g/mol. The lowest BCUT2D eigenvalue weighted by Gasteiger charge is -2.05. The molecule has 0 amide bonds. The third-order valence-electron chi connectivity index (χ3n) is 1.59. The molecule has 1 heterocycles. The molecule has 0 saturated heterocycles. The Balaban J connectivity index is 2.45. The summed E-state index contributed by atoms with van der Waals surface area (Å²) in [6, 6.07) is 0. The van der Waals surface area contributed by atoms with E-state index < -0.39 is 10.0 Å². The summed E-state index contributed by atoms with van der Waals surface area (Å²) in [5.41, 5.74) is 0. The fraction of sp³-hybridized carbons (Fsp3) is 0.429. The van der Waals surface area contributed by atoms with Crippen LogP contribution in [0.25, 0.3) is 0 Å². The first kappa shape index (κ1) is 12.2. The fourth-order valence-electron chi connectivity index (χ4n) is 0.843. The molecule has 0 aliphatic rings. The van der Waals surface area contributed by atoms with Crippen molar-refractivity contribution in [3.05, 3.63) is 17.5 Å². The molecule has 1 rings (SSSR count). The summed E-state index contributed by atoms with van der Waals surface area (Å²) < 4.78 is 24.3. The molecule has 1 aromatic heterocycles. The van der Waals surface area contributed by atoms with Crippen LogP contribution in [-0.2, 0) is 10.0 Å². The summed E-state index contributed by atoms with van der Waals surface area (Å²) in [6.45, 7) is 0.248. The molecule has 1 aromatic rings. The van der Waals surface area contributed by atoms with Gasteiger partial charge < -0.3 is 5.32 Å². The molecule has 6 nitrogen and oxygen atoms in total. The third kappa shape index (κ3) is 4.41. The van der Waals surface area contributed by atoms with E-state index in [4.69, 9.17) is 11.6 Å². The van der Waals surface area contributed by atoms with Crippen molar-refractivity contribution in [2.24, 2.45) is 0 Å². The Kier molecular flexibility index (Phi) is 4.25. The highest BCUT2D eigenvalue weighted by Gasteiger charge is 2.05. The summed E-state index contributed by atoms with van der Waals surface area (Å²) in [5.74, 6) is 0.423. The van der Waals surface area contributed by atoms with E-state index in [1.54, 1.807) is 0 Å². The van der Waals surface area contributed by atoms with Crippen LogP contribution in [0.15, 0.2) is 12.4 Å². The predicted octanol–water partition coefficient (Wildman–Crippen LogP) is 0.0911. The van der Waals surface area contributed by atoms with E-state index in [0.29, 0.717) is 5.82 Å². The zero-order valence-electron chi connectivity index (χ0n) is 8.07. The molecule has 15 heavy (non-hydrogen) atoms. The summed E-state index contributed by atoms with van der Waals surface area (Å²) in [5, 5.41) is 3.06. The van der Waals surface area contributed by atoms with Gasteiger partial charge in [-0.3, -0.25) is 4.98 Å². The van der Waals surface area contributed by atoms with Gasteiger partial charge in [-0.1, -0.05) is 11.6 Å². The van der Waals surface area contributed by atoms with Gasteiger partial charge in [0.05, 0.1) is 18.1 Å². The summed E-state index contributed by atoms with van der Waals surface area (Å²) in [7, 11) is -1.82. The standard InChI is InChI=1S/C7H11ClN4O2S/c1-9-15(13,14)3-2-11-7-5-10-4-6(8)12-7/h4-5,9H,2-3H2,1H3,(H,11,12). The Morgan fingerprint density at radius 1 is 1.47 bits per heavy atom. The first-order valence-corrected chi connectivity index (χ1v) is 6.19. The van der Waals surface area contributed by atoms with Crippen molar-refractivity contribution in [3.8, 4) is 0 Å². The molecule has 0 spiro atoms. The van der Waals surface area contributed by atoms with Gasteiger partial charge in [-0.15, -0.1) is 0 Å². The molecule has 0 bridgehead atoms. The molecule has 0 unspecified atom stereocenters. The van der Waals surface area contributed by atoms with Gasteiger partial charge in [0.2, 0.25) is 10.0 Å². The lowest BCUT2D eigenvalue weighted by molar-refractivity contribution is 0.588. The Bertz CT molecular complexity index is 423. The molecular formula is C7H11ClN4O2S. The Labute approximate surface area is 93.1 Å². The largest absolute Gasteiger partial charge is 0.368 e. The zero-order valence-corrected chi connectivity index (χ0v) is 9.64. The molecule has 84 valence electrons. The second-order valence-electron chi connectivity index (χ2n) is 2.68. The van der Waals surface area contributed by atoms with Crippen LogP contribution in [0.1, 0.15) is 0 Å². The highest BCUT2D eigenvalue weighted by molar-refractivity contribution is 7.89. The predicted molar refractivity (Wildman–Crippen MR) is 58.4 cm³/mol. The molecule has 0 saturated carbocycles. The second-order valence-corrected chi connectivity index (χ2v) is 5.11. The van der Waals surface area contributed by atoms with Crippen molar-refractivity contribution in [1.82, 2.24) is 14.7 Å². The van der Waals surface area contributed by atoms with Crippen LogP contribution in [-0.4, -0.2) is 37.7 Å². The molecule has 0 atom stereocenters. The van der Waals surface area contributed by atoms with Crippen LogP contribution in [0.2, 0.25) is 5.15 Å². The molecule has 8 heteroatoms. The minimum absolute atomic E-state index is 0.0301. The van der Waals surface area contributed by atoms with Crippen molar-refractivity contribution in [1.29, 1.82) is 0 Å². The van der Waals surface area contributed by atoms with E-state index in [0.717, 1.165) is 0 Å². The normalized spacial score (nSPS) is 11.3. The quantitative estimate of drug-likeness (QED) is 0.774. The minimum atomic E-state index is -3.19. The number of rotatable bonds is 5. The van der Waals surface area contributed by atoms with Gasteiger partial charge in [-0.25, -0.2) is 18.1 Å². The highest BCUT2D eigenvalue weighted by atomic mass is 35.5. The van der Waals surface area contributed by atoms with Gasteiger partial charge in [0, 0.05) is 6.54 Å². The number of nitrogens with one attached hydrogen (secondary N) is 2. The smallest absolute Gasteiger partial charge is 0.213 e. The van der Waals surface area contributed by atoms with Gasteiger partial charge >= 0.3 is 0 Å². The molecule has 2 N–H and O–H groups in total. The average Bonchev–Trinajstić information content (AvgIpc) is 2.18. The number of anilines is 1. The minimum Gasteiger partial charge on any atom is -0.368 e. The highest BCUT2D eigenvalue weighted by Crippen LogP contribution is 2.05. The van der Waals surface area contributed by atoms with E-state index in [-0.39, 0.29) is 17.5 Å². The number of hydrogen-bond donors (Lipinski definition) is 2. The van der Waals surface area contributed by atoms with Crippen molar-refractivity contribution < 1.29 is 8.42 Å². The van der Waals surface area contributed by atoms with E-state index >= 15 is 0 Å². The fourth-order valence-corrected chi connectivity index (χ4v) is 1.57. The Morgan fingerprint density at radius 3 is 2.80 bits per heavy atom. The van der Waals surface area contributed by atoms with E-state index in [1.165, 1.54) is 19.4 Å². The maximum absolute atomic E-state index is 11.0. The first-order valence-electron chi connectivity index (χ1n) is 4.16. The lowest BCUT2D eigenvalue weighted by atomic mass is 10.6. The van der Waals surface area contributed by atoms with Crippen molar-refractivity contribution in [2.75, 3.05) is 24.7 Å². The molecule has 0 aliphatic heterocycles. The van der Waals surface area contributed by atoms with Gasteiger partial charge in [0.1, 0.15) is 11.0 Å². The van der Waals surface area contributed by atoms with E-state index in [1.807, 2.05) is 0 Å². The van der Waals surface area contributed by atoms with Crippen LogP contribution >= 0.6 is 11.6 Å². The van der Waals surface area contributed by atoms with Gasteiger partial charge in [-0.2, -0.15) is 0 Å². The lowest BCUT2D eigenvalue weighted by Crippen LogP contribution is -2.26. The maximum Gasteiger partial charge on any atom is 0.213 e. The number of sulfonamides is 1. The molecule has 0 aromatic carbocycles. The van der Waals surface area contributed by atoms with Gasteiger partial charge in [-0.05, 0) is 7.05 Å². The number of halogens is 1. The Hall–Kier alpha value is -0.920. The van der Waals surface area contributed by atoms with E-state index in [2.05, 4.69) is 20.0 Å². The number of hydrogen-bond acceptors (Lipinski definition) is 5. The van der Waals surface area contributed by atoms with Crippen molar-refractivity contribution >= 4 is 27.4 Å². The number of nitrogens with zero attached hydrogens (tertiary/aromatic N) is 2. The number of aromatic nitrogens is 2. The molecular weight excluding hydrogens is 240 g/mol. The topological polar surface area (TPSA) is 84.0 Å². The monoisotopic (exact) mass is 250 g/mol. The summed E-state index contributed by atoms with van der Waals surface area (Å²) >= 11 is 5.60. The van der Waals surface area contributed by atoms with Crippen LogP contribution in [0, 0.1) is 0 Å². The van der Waals surface area contributed by atoms with Crippen molar-refractivity contribution in [3.63, 3.8) is 0 Å². The molecule has 0 aliphatic carbocycles. The second kappa shape index (κ2) is 5.24. The zero-order chi connectivity index (χ0) is 11.3. The SMILES string of the molecule is CNS(=O)(=O)CCNc1cncc(Cl)n1. The maximum atomic E-state index is 11.0. The van der Waals surface area contributed by atoms with Gasteiger partial charge in [0.25, 0.3) is 0 Å². The van der Waals surface area contributed by atoms with Crippen LogP contribution in [0.5, 0.6) is 0 Å².